The highest BCUT2D eigenvalue weighted by molar-refractivity contribution is 6.39. The quantitative estimate of drug-likeness (QED) is 0.709. The van der Waals surface area contributed by atoms with E-state index < -0.39 is 0 Å². The lowest BCUT2D eigenvalue weighted by molar-refractivity contribution is -0.144. The molecule has 2 nitrogen and oxygen atoms in total. The van der Waals surface area contributed by atoms with Crippen LogP contribution in [0, 0.1) is 11.8 Å². The molecular weight excluding hydrogens is 245 g/mol. The van der Waals surface area contributed by atoms with Gasteiger partial charge in [-0.25, -0.2) is 0 Å². The van der Waals surface area contributed by atoms with Gasteiger partial charge in [0.15, 0.2) is 0 Å². The molecule has 1 saturated carbocycles. The van der Waals surface area contributed by atoms with Crippen LogP contribution in [0.15, 0.2) is 0 Å². The van der Waals surface area contributed by atoms with E-state index in [-0.39, 0.29) is 0 Å². The number of hydrogen-bond acceptors (Lipinski definition) is 1. The molecule has 0 bridgehead atoms. The van der Waals surface area contributed by atoms with Gasteiger partial charge < -0.3 is 4.90 Å². The molecule has 1 heterocycles. The molecule has 2 aliphatic rings. The summed E-state index contributed by atoms with van der Waals surface area (Å²) in [6.45, 7) is 9.85. The topological polar surface area (TPSA) is 20.3 Å². The van der Waals surface area contributed by atoms with Crippen LogP contribution in [-0.4, -0.2) is 30.7 Å². The fraction of sp³-hybridized carbons (Fsp3) is 0.941. The van der Waals surface area contributed by atoms with Gasteiger partial charge in [0.2, 0.25) is 5.91 Å². The number of hydrogen-bond donors (Lipinski definition) is 0. The van der Waals surface area contributed by atoms with E-state index in [1.165, 1.54) is 32.1 Å². The van der Waals surface area contributed by atoms with Crippen LogP contribution in [-0.2, 0) is 4.79 Å². The number of piperidine rings is 1. The van der Waals surface area contributed by atoms with Gasteiger partial charge in [-0.1, -0.05) is 51.2 Å². The Hall–Kier alpha value is -0.465. The zero-order valence-electron chi connectivity index (χ0n) is 13.8. The summed E-state index contributed by atoms with van der Waals surface area (Å²) in [5, 5.41) is 0. The lowest BCUT2D eigenvalue weighted by atomic mass is 9.52. The van der Waals surface area contributed by atoms with E-state index in [4.69, 9.17) is 0 Å². The zero-order chi connectivity index (χ0) is 14.7. The summed E-state index contributed by atoms with van der Waals surface area (Å²) in [7, 11) is 2.53. The van der Waals surface area contributed by atoms with Crippen molar-refractivity contribution in [2.45, 2.75) is 83.9 Å². The van der Waals surface area contributed by atoms with Crippen molar-refractivity contribution in [2.24, 2.45) is 11.8 Å². The maximum absolute atomic E-state index is 12.6. The standard InChI is InChI=1S/C17H31BNO/c1-12(2)18-15-6-5-7-16-14(8-9-15)10-11-19(13(3)4)17(16)20/h12-16H,5-11H2,1-4H3. The van der Waals surface area contributed by atoms with Crippen LogP contribution in [0.5, 0.6) is 0 Å². The number of fused-ring (bicyclic) bond motifs is 1. The normalized spacial score (nSPS) is 32.0. The number of carbonyl (C=O) groups is 1. The van der Waals surface area contributed by atoms with E-state index in [0.717, 1.165) is 18.8 Å². The van der Waals surface area contributed by atoms with Crippen LogP contribution in [0.4, 0.5) is 0 Å². The fourth-order valence-corrected chi connectivity index (χ4v) is 4.16. The molecule has 1 amide bonds. The second kappa shape index (κ2) is 7.00. The Kier molecular flexibility index (Phi) is 5.57. The Morgan fingerprint density at radius 3 is 2.45 bits per heavy atom. The van der Waals surface area contributed by atoms with Gasteiger partial charge in [0.1, 0.15) is 7.28 Å². The number of carbonyl (C=O) groups excluding carboxylic acids is 1. The molecule has 0 aromatic carbocycles. The monoisotopic (exact) mass is 276 g/mol. The Bertz CT molecular complexity index is 329. The highest BCUT2D eigenvalue weighted by Gasteiger charge is 2.37. The average molecular weight is 276 g/mol. The summed E-state index contributed by atoms with van der Waals surface area (Å²) in [6.07, 6.45) is 7.42. The molecule has 2 rings (SSSR count). The van der Waals surface area contributed by atoms with Gasteiger partial charge in [-0.05, 0) is 32.6 Å². The minimum Gasteiger partial charge on any atom is -0.340 e. The molecule has 3 unspecified atom stereocenters. The molecule has 0 aromatic rings. The second-order valence-corrected chi connectivity index (χ2v) is 7.49. The van der Waals surface area contributed by atoms with E-state index in [2.05, 4.69) is 39.9 Å². The van der Waals surface area contributed by atoms with Gasteiger partial charge in [0.25, 0.3) is 0 Å². The Morgan fingerprint density at radius 1 is 1.05 bits per heavy atom. The van der Waals surface area contributed by atoms with Crippen LogP contribution in [0.25, 0.3) is 0 Å². The first kappa shape index (κ1) is 15.9. The largest absolute Gasteiger partial charge is 0.340 e. The van der Waals surface area contributed by atoms with E-state index in [9.17, 15) is 4.79 Å². The predicted octanol–water partition coefficient (Wildman–Crippen LogP) is 4.14. The number of amides is 1. The minimum absolute atomic E-state index is 0.325. The maximum Gasteiger partial charge on any atom is 0.226 e. The minimum atomic E-state index is 0.325. The first-order valence-electron chi connectivity index (χ1n) is 8.64. The van der Waals surface area contributed by atoms with Crippen LogP contribution >= 0.6 is 0 Å². The van der Waals surface area contributed by atoms with Crippen LogP contribution in [0.3, 0.4) is 0 Å². The molecule has 0 spiro atoms. The van der Waals surface area contributed by atoms with Gasteiger partial charge in [0.05, 0.1) is 0 Å². The third-order valence-corrected chi connectivity index (χ3v) is 5.19. The Morgan fingerprint density at radius 2 is 1.80 bits per heavy atom. The molecular formula is C17H31BNO. The van der Waals surface area contributed by atoms with Crippen LogP contribution < -0.4 is 0 Å². The van der Waals surface area contributed by atoms with Crippen molar-refractivity contribution in [3.8, 4) is 0 Å². The first-order valence-corrected chi connectivity index (χ1v) is 8.64. The van der Waals surface area contributed by atoms with Gasteiger partial charge in [-0.15, -0.1) is 0 Å². The molecule has 1 aliphatic heterocycles. The summed E-state index contributed by atoms with van der Waals surface area (Å²) in [6, 6.07) is 0.371. The summed E-state index contributed by atoms with van der Waals surface area (Å²) in [4.78, 5) is 14.8. The van der Waals surface area contributed by atoms with Crippen LogP contribution in [0.1, 0.15) is 66.2 Å². The molecule has 2 fully saturated rings. The van der Waals surface area contributed by atoms with E-state index in [0.29, 0.717) is 29.6 Å². The first-order chi connectivity index (χ1) is 9.49. The molecule has 1 saturated heterocycles. The zero-order valence-corrected chi connectivity index (χ0v) is 13.8. The molecule has 20 heavy (non-hydrogen) atoms. The SMILES string of the molecule is CC(C)[B]C1CCCC2C(=O)N(C(C)C)CCC2CC1. The van der Waals surface area contributed by atoms with Crippen molar-refractivity contribution in [1.82, 2.24) is 4.90 Å². The van der Waals surface area contributed by atoms with Crippen molar-refractivity contribution in [3.63, 3.8) is 0 Å². The smallest absolute Gasteiger partial charge is 0.226 e. The second-order valence-electron chi connectivity index (χ2n) is 7.49. The molecule has 1 aliphatic carbocycles. The third kappa shape index (κ3) is 3.80. The molecule has 0 aromatic heterocycles. The predicted molar refractivity (Wildman–Crippen MR) is 86.1 cm³/mol. The molecule has 3 heteroatoms. The van der Waals surface area contributed by atoms with Crippen molar-refractivity contribution in [1.29, 1.82) is 0 Å². The number of nitrogens with zero attached hydrogens (tertiary/aromatic N) is 1. The average Bonchev–Trinajstić information content (AvgIpc) is 2.34. The summed E-state index contributed by atoms with van der Waals surface area (Å²) < 4.78 is 0. The number of likely N-dealkylation sites (tertiary alicyclic amines) is 1. The lowest BCUT2D eigenvalue weighted by Crippen LogP contribution is -2.49. The van der Waals surface area contributed by atoms with E-state index in [1.54, 1.807) is 0 Å². The fourth-order valence-electron chi connectivity index (χ4n) is 4.16. The summed E-state index contributed by atoms with van der Waals surface area (Å²) >= 11 is 0. The maximum atomic E-state index is 12.6. The highest BCUT2D eigenvalue weighted by atomic mass is 16.2. The van der Waals surface area contributed by atoms with Crippen molar-refractivity contribution >= 4 is 13.2 Å². The van der Waals surface area contributed by atoms with E-state index >= 15 is 0 Å². The van der Waals surface area contributed by atoms with Gasteiger partial charge in [-0.3, -0.25) is 4.79 Å². The van der Waals surface area contributed by atoms with Crippen molar-refractivity contribution in [2.75, 3.05) is 6.54 Å². The third-order valence-electron chi connectivity index (χ3n) is 5.19. The van der Waals surface area contributed by atoms with Gasteiger partial charge in [0, 0.05) is 18.5 Å². The molecule has 0 N–H and O–H groups in total. The molecule has 113 valence electrons. The summed E-state index contributed by atoms with van der Waals surface area (Å²) in [5.41, 5.74) is 0. The van der Waals surface area contributed by atoms with Gasteiger partial charge >= 0.3 is 0 Å². The highest BCUT2D eigenvalue weighted by Crippen LogP contribution is 2.39. The molecule has 1 radical (unpaired) electrons. The van der Waals surface area contributed by atoms with Crippen molar-refractivity contribution < 1.29 is 4.79 Å². The van der Waals surface area contributed by atoms with Crippen LogP contribution in [0.2, 0.25) is 11.6 Å². The number of rotatable bonds is 3. The lowest BCUT2D eigenvalue weighted by Gasteiger charge is -2.41. The molecule has 3 atom stereocenters. The summed E-state index contributed by atoms with van der Waals surface area (Å²) in [5.74, 6) is 2.91. The van der Waals surface area contributed by atoms with Gasteiger partial charge in [-0.2, -0.15) is 0 Å². The Labute approximate surface area is 125 Å². The Balaban J connectivity index is 1.96. The van der Waals surface area contributed by atoms with E-state index in [1.807, 2.05) is 0 Å². The van der Waals surface area contributed by atoms with Crippen molar-refractivity contribution in [3.05, 3.63) is 0 Å².